The number of hydrogen-bond acceptors (Lipinski definition) is 5. The summed E-state index contributed by atoms with van der Waals surface area (Å²) in [7, 11) is -2.06. The molecule has 0 radical (unpaired) electrons. The molecule has 0 spiro atoms. The Labute approximate surface area is 167 Å². The van der Waals surface area contributed by atoms with Gasteiger partial charge in [-0.25, -0.2) is 22.2 Å². The Balaban J connectivity index is 1.65. The second kappa shape index (κ2) is 8.97. The first kappa shape index (κ1) is 20.7. The molecule has 0 saturated heterocycles. The second-order valence-corrected chi connectivity index (χ2v) is 8.10. The Morgan fingerprint density at radius 3 is 2.38 bits per heavy atom. The topological polar surface area (TPSA) is 90.3 Å². The number of halogens is 1. The van der Waals surface area contributed by atoms with E-state index in [2.05, 4.69) is 9.82 Å². The van der Waals surface area contributed by atoms with Gasteiger partial charge in [0.05, 0.1) is 25.1 Å². The molecule has 0 aliphatic heterocycles. The van der Waals surface area contributed by atoms with Gasteiger partial charge in [0, 0.05) is 18.2 Å². The van der Waals surface area contributed by atoms with Crippen molar-refractivity contribution in [1.29, 1.82) is 0 Å². The van der Waals surface area contributed by atoms with Crippen LogP contribution >= 0.6 is 0 Å². The summed E-state index contributed by atoms with van der Waals surface area (Å²) < 4.78 is 46.1. The third-order valence-corrected chi connectivity index (χ3v) is 5.53. The maximum atomic E-state index is 12.9. The summed E-state index contributed by atoms with van der Waals surface area (Å²) in [6, 6.07) is 15.5. The average Bonchev–Trinajstić information content (AvgIpc) is 2.71. The standard InChI is InChI=1S/C20H20FN3O4S/c1-28-18-8-4-16(5-9-18)19-10-11-20(25)24(23-19)13-12-22-29(26,27)14-15-2-6-17(21)7-3-15/h2-11,22H,12-14H2,1H3. The molecule has 1 aromatic heterocycles. The van der Waals surface area contributed by atoms with Gasteiger partial charge in [0.2, 0.25) is 10.0 Å². The zero-order chi connectivity index (χ0) is 20.9. The van der Waals surface area contributed by atoms with Crippen molar-refractivity contribution in [3.05, 3.63) is 82.4 Å². The summed E-state index contributed by atoms with van der Waals surface area (Å²) in [6.07, 6.45) is 0. The number of benzene rings is 2. The van der Waals surface area contributed by atoms with Crippen LogP contribution in [0.4, 0.5) is 4.39 Å². The van der Waals surface area contributed by atoms with Gasteiger partial charge in [-0.3, -0.25) is 4.79 Å². The van der Waals surface area contributed by atoms with Gasteiger partial charge < -0.3 is 4.74 Å². The van der Waals surface area contributed by atoms with Crippen molar-refractivity contribution < 1.29 is 17.5 Å². The molecule has 9 heteroatoms. The Morgan fingerprint density at radius 1 is 1.03 bits per heavy atom. The van der Waals surface area contributed by atoms with Crippen molar-refractivity contribution in [3.63, 3.8) is 0 Å². The molecule has 2 aromatic carbocycles. The zero-order valence-electron chi connectivity index (χ0n) is 15.7. The number of ether oxygens (including phenoxy) is 1. The lowest BCUT2D eigenvalue weighted by atomic mass is 10.1. The van der Waals surface area contributed by atoms with Crippen LogP contribution in [0.3, 0.4) is 0 Å². The minimum atomic E-state index is -3.63. The average molecular weight is 417 g/mol. The number of rotatable bonds is 8. The van der Waals surface area contributed by atoms with Crippen molar-refractivity contribution >= 4 is 10.0 Å². The molecular weight excluding hydrogens is 397 g/mol. The van der Waals surface area contributed by atoms with Gasteiger partial charge in [0.15, 0.2) is 0 Å². The lowest BCUT2D eigenvalue weighted by Crippen LogP contribution is -2.32. The summed E-state index contributed by atoms with van der Waals surface area (Å²) >= 11 is 0. The van der Waals surface area contributed by atoms with Crippen LogP contribution < -0.4 is 15.0 Å². The number of methoxy groups -OCH3 is 1. The number of aromatic nitrogens is 2. The molecule has 0 amide bonds. The van der Waals surface area contributed by atoms with Gasteiger partial charge >= 0.3 is 0 Å². The molecule has 0 saturated carbocycles. The molecule has 3 aromatic rings. The Bertz CT molecular complexity index is 1130. The first-order valence-corrected chi connectivity index (χ1v) is 10.5. The van der Waals surface area contributed by atoms with Crippen molar-refractivity contribution in [2.24, 2.45) is 0 Å². The smallest absolute Gasteiger partial charge is 0.266 e. The lowest BCUT2D eigenvalue weighted by molar-refractivity contribution is 0.415. The summed E-state index contributed by atoms with van der Waals surface area (Å²) in [5, 5.41) is 4.30. The third-order valence-electron chi connectivity index (χ3n) is 4.17. The molecule has 0 bridgehead atoms. The van der Waals surface area contributed by atoms with Crippen LogP contribution in [0.1, 0.15) is 5.56 Å². The fourth-order valence-corrected chi connectivity index (χ4v) is 3.82. The Kier molecular flexibility index (Phi) is 6.40. The molecule has 152 valence electrons. The van der Waals surface area contributed by atoms with Crippen LogP contribution in [0, 0.1) is 5.82 Å². The maximum Gasteiger partial charge on any atom is 0.266 e. The van der Waals surface area contributed by atoms with Crippen molar-refractivity contribution in [2.75, 3.05) is 13.7 Å². The van der Waals surface area contributed by atoms with Crippen LogP contribution in [0.15, 0.2) is 65.5 Å². The summed E-state index contributed by atoms with van der Waals surface area (Å²) in [5.41, 5.74) is 1.52. The number of nitrogens with one attached hydrogen (secondary N) is 1. The second-order valence-electron chi connectivity index (χ2n) is 6.29. The number of hydrogen-bond donors (Lipinski definition) is 1. The fourth-order valence-electron chi connectivity index (χ4n) is 2.68. The van der Waals surface area contributed by atoms with E-state index < -0.39 is 15.8 Å². The van der Waals surface area contributed by atoms with E-state index in [0.717, 1.165) is 5.56 Å². The molecule has 29 heavy (non-hydrogen) atoms. The minimum absolute atomic E-state index is 0.00248. The monoisotopic (exact) mass is 417 g/mol. The predicted octanol–water partition coefficient (Wildman–Crippen LogP) is 2.18. The molecule has 1 N–H and O–H groups in total. The quantitative estimate of drug-likeness (QED) is 0.607. The van der Waals surface area contributed by atoms with E-state index in [0.29, 0.717) is 17.0 Å². The Hall–Kier alpha value is -3.04. The molecule has 0 atom stereocenters. The van der Waals surface area contributed by atoms with E-state index in [9.17, 15) is 17.6 Å². The molecule has 0 unspecified atom stereocenters. The largest absolute Gasteiger partial charge is 0.497 e. The van der Waals surface area contributed by atoms with E-state index in [1.807, 2.05) is 12.1 Å². The van der Waals surface area contributed by atoms with E-state index >= 15 is 0 Å². The normalized spacial score (nSPS) is 11.4. The van der Waals surface area contributed by atoms with Crippen molar-refractivity contribution in [3.8, 4) is 17.0 Å². The van der Waals surface area contributed by atoms with Gasteiger partial charge in [0.1, 0.15) is 11.6 Å². The van der Waals surface area contributed by atoms with E-state index in [1.165, 1.54) is 35.0 Å². The van der Waals surface area contributed by atoms with Crippen LogP contribution in [0.5, 0.6) is 5.75 Å². The summed E-state index contributed by atoms with van der Waals surface area (Å²) in [5.74, 6) is 0.000494. The molecule has 0 aliphatic rings. The molecule has 0 fully saturated rings. The zero-order valence-corrected chi connectivity index (χ0v) is 16.5. The number of nitrogens with zero attached hydrogens (tertiary/aromatic N) is 2. The van der Waals surface area contributed by atoms with E-state index in [1.54, 1.807) is 25.3 Å². The maximum absolute atomic E-state index is 12.9. The van der Waals surface area contributed by atoms with E-state index in [4.69, 9.17) is 4.74 Å². The van der Waals surface area contributed by atoms with E-state index in [-0.39, 0.29) is 24.4 Å². The first-order valence-electron chi connectivity index (χ1n) is 8.81. The molecule has 1 heterocycles. The first-order chi connectivity index (χ1) is 13.9. The summed E-state index contributed by atoms with van der Waals surface area (Å²) in [6.45, 7) is 0.0774. The van der Waals surface area contributed by atoms with Crippen LogP contribution in [0.25, 0.3) is 11.3 Å². The van der Waals surface area contributed by atoms with Gasteiger partial charge in [-0.05, 0) is 48.0 Å². The SMILES string of the molecule is COc1ccc(-c2ccc(=O)n(CCNS(=O)(=O)Cc3ccc(F)cc3)n2)cc1. The Morgan fingerprint density at radius 2 is 1.72 bits per heavy atom. The summed E-state index contributed by atoms with van der Waals surface area (Å²) in [4.78, 5) is 12.0. The molecule has 0 aliphatic carbocycles. The highest BCUT2D eigenvalue weighted by molar-refractivity contribution is 7.88. The fraction of sp³-hybridized carbons (Fsp3) is 0.200. The van der Waals surface area contributed by atoms with Gasteiger partial charge in [-0.2, -0.15) is 5.10 Å². The molecule has 7 nitrogen and oxygen atoms in total. The van der Waals surface area contributed by atoms with Crippen LogP contribution in [-0.2, 0) is 22.3 Å². The highest BCUT2D eigenvalue weighted by Gasteiger charge is 2.12. The molecule has 3 rings (SSSR count). The lowest BCUT2D eigenvalue weighted by Gasteiger charge is -2.09. The van der Waals surface area contributed by atoms with Crippen molar-refractivity contribution in [1.82, 2.24) is 14.5 Å². The molecular formula is C20H20FN3O4S. The minimum Gasteiger partial charge on any atom is -0.497 e. The highest BCUT2D eigenvalue weighted by Crippen LogP contribution is 2.19. The third kappa shape index (κ3) is 5.72. The van der Waals surface area contributed by atoms with Gasteiger partial charge in [0.25, 0.3) is 5.56 Å². The predicted molar refractivity (Wildman–Crippen MR) is 108 cm³/mol. The van der Waals surface area contributed by atoms with Crippen molar-refractivity contribution in [2.45, 2.75) is 12.3 Å². The highest BCUT2D eigenvalue weighted by atomic mass is 32.2. The van der Waals surface area contributed by atoms with Crippen LogP contribution in [0.2, 0.25) is 0 Å². The number of sulfonamides is 1. The van der Waals surface area contributed by atoms with Gasteiger partial charge in [-0.15, -0.1) is 0 Å². The van der Waals surface area contributed by atoms with Gasteiger partial charge in [-0.1, -0.05) is 12.1 Å². The van der Waals surface area contributed by atoms with Crippen LogP contribution in [-0.4, -0.2) is 31.9 Å².